The molecule has 21 heavy (non-hydrogen) atoms. The molecule has 0 spiro atoms. The lowest BCUT2D eigenvalue weighted by Crippen LogP contribution is -2.27. The van der Waals surface area contributed by atoms with E-state index in [0.29, 0.717) is 0 Å². The Morgan fingerprint density at radius 2 is 1.57 bits per heavy atom. The van der Waals surface area contributed by atoms with Gasteiger partial charge in [0, 0.05) is 5.38 Å². The zero-order chi connectivity index (χ0) is 14.5. The molecule has 0 aromatic heterocycles. The summed E-state index contributed by atoms with van der Waals surface area (Å²) in [4.78, 5) is 0. The number of hydrogen-bond acceptors (Lipinski definition) is 1. The predicted octanol–water partition coefficient (Wildman–Crippen LogP) is 5.23. The summed E-state index contributed by atoms with van der Waals surface area (Å²) in [6.07, 6.45) is 6.15. The largest absolute Gasteiger partial charge is 0.366 e. The Kier molecular flexibility index (Phi) is 4.74. The van der Waals surface area contributed by atoms with E-state index in [1.54, 1.807) is 0 Å². The Balaban J connectivity index is 1.70. The smallest absolute Gasteiger partial charge is 0.0847 e. The van der Waals surface area contributed by atoms with E-state index in [9.17, 15) is 0 Å². The zero-order valence-electron chi connectivity index (χ0n) is 11.9. The quantitative estimate of drug-likeness (QED) is 0.705. The van der Waals surface area contributed by atoms with Crippen LogP contribution in [0.1, 0.15) is 30.1 Å². The van der Waals surface area contributed by atoms with Gasteiger partial charge in [0.25, 0.3) is 0 Å². The molecule has 0 saturated carbocycles. The van der Waals surface area contributed by atoms with Gasteiger partial charge in [-0.05, 0) is 24.0 Å². The Hall–Kier alpha value is -1.57. The van der Waals surface area contributed by atoms with Gasteiger partial charge in [-0.15, -0.1) is 11.6 Å². The highest BCUT2D eigenvalue weighted by molar-refractivity contribution is 6.20. The summed E-state index contributed by atoms with van der Waals surface area (Å²) in [7, 11) is 0. The fourth-order valence-electron chi connectivity index (χ4n) is 2.69. The molecule has 1 heterocycles. The lowest BCUT2D eigenvalue weighted by molar-refractivity contribution is -0.0244. The third kappa shape index (κ3) is 3.96. The molecule has 0 unspecified atom stereocenters. The van der Waals surface area contributed by atoms with Crippen LogP contribution in [-0.4, -0.2) is 11.5 Å². The minimum atomic E-state index is 0.0756. The molecule has 0 N–H and O–H groups in total. The van der Waals surface area contributed by atoms with E-state index in [1.165, 1.54) is 11.1 Å². The van der Waals surface area contributed by atoms with Crippen molar-refractivity contribution < 1.29 is 4.74 Å². The topological polar surface area (TPSA) is 9.23 Å². The molecule has 2 aromatic rings. The Bertz CT molecular complexity index is 579. The minimum Gasteiger partial charge on any atom is -0.366 e. The normalized spacial score (nSPS) is 26.0. The predicted molar refractivity (Wildman–Crippen MR) is 88.4 cm³/mol. The fourth-order valence-corrected chi connectivity index (χ4v) is 3.03. The number of ether oxygens (including phenoxy) is 1. The Labute approximate surface area is 131 Å². The number of halogens is 1. The molecular weight excluding hydrogens is 280 g/mol. The summed E-state index contributed by atoms with van der Waals surface area (Å²) in [5.41, 5.74) is 2.40. The van der Waals surface area contributed by atoms with Gasteiger partial charge in [0.2, 0.25) is 0 Å². The molecule has 0 bridgehead atoms. The molecule has 1 fully saturated rings. The molecule has 2 heteroatoms. The van der Waals surface area contributed by atoms with E-state index in [1.807, 2.05) is 36.4 Å². The number of hydrogen-bond donors (Lipinski definition) is 0. The third-order valence-electron chi connectivity index (χ3n) is 3.77. The van der Waals surface area contributed by atoms with Gasteiger partial charge in [-0.1, -0.05) is 72.8 Å². The van der Waals surface area contributed by atoms with Crippen molar-refractivity contribution in [3.05, 3.63) is 77.9 Å². The van der Waals surface area contributed by atoms with E-state index in [-0.39, 0.29) is 17.6 Å². The maximum Gasteiger partial charge on any atom is 0.0847 e. The highest BCUT2D eigenvalue weighted by Crippen LogP contribution is 2.34. The Morgan fingerprint density at radius 3 is 2.29 bits per heavy atom. The number of alkyl halides is 1. The van der Waals surface area contributed by atoms with Gasteiger partial charge in [-0.3, -0.25) is 0 Å². The van der Waals surface area contributed by atoms with Crippen LogP contribution in [0.4, 0.5) is 0 Å². The summed E-state index contributed by atoms with van der Waals surface area (Å²) in [5, 5.41) is 0.161. The molecule has 108 valence electrons. The molecule has 2 aromatic carbocycles. The monoisotopic (exact) mass is 298 g/mol. The van der Waals surface area contributed by atoms with Gasteiger partial charge in [0.05, 0.1) is 12.2 Å². The molecule has 1 aliphatic rings. The van der Waals surface area contributed by atoms with Gasteiger partial charge in [-0.25, -0.2) is 0 Å². The second kappa shape index (κ2) is 6.93. The molecule has 1 saturated heterocycles. The first-order chi connectivity index (χ1) is 10.3. The van der Waals surface area contributed by atoms with Crippen LogP contribution >= 0.6 is 11.6 Å². The molecule has 1 nitrogen and oxygen atoms in total. The summed E-state index contributed by atoms with van der Waals surface area (Å²) in [6.45, 7) is 0. The summed E-state index contributed by atoms with van der Waals surface area (Å²) in [5.74, 6) is 0. The summed E-state index contributed by atoms with van der Waals surface area (Å²) >= 11 is 6.42. The van der Waals surface area contributed by atoms with Crippen molar-refractivity contribution in [3.8, 4) is 0 Å². The van der Waals surface area contributed by atoms with Gasteiger partial charge in [-0.2, -0.15) is 0 Å². The van der Waals surface area contributed by atoms with Crippen LogP contribution < -0.4 is 0 Å². The van der Waals surface area contributed by atoms with Crippen LogP contribution in [0.15, 0.2) is 66.7 Å². The van der Waals surface area contributed by atoms with Crippen LogP contribution in [0.2, 0.25) is 0 Å². The van der Waals surface area contributed by atoms with Crippen molar-refractivity contribution in [1.29, 1.82) is 0 Å². The van der Waals surface area contributed by atoms with Crippen molar-refractivity contribution in [2.24, 2.45) is 0 Å². The summed E-state index contributed by atoms with van der Waals surface area (Å²) < 4.78 is 6.19. The number of benzene rings is 2. The van der Waals surface area contributed by atoms with E-state index >= 15 is 0 Å². The van der Waals surface area contributed by atoms with Gasteiger partial charge in [0.1, 0.15) is 0 Å². The Morgan fingerprint density at radius 1 is 0.905 bits per heavy atom. The molecule has 3 rings (SSSR count). The molecular formula is C19H19ClO. The second-order valence-corrected chi connectivity index (χ2v) is 6.03. The number of rotatable bonds is 3. The average molecular weight is 299 g/mol. The first kappa shape index (κ1) is 14.4. The molecule has 0 amide bonds. The molecule has 0 radical (unpaired) electrons. The third-order valence-corrected chi connectivity index (χ3v) is 4.13. The van der Waals surface area contributed by atoms with Crippen LogP contribution in [0, 0.1) is 0 Å². The fraction of sp³-hybridized carbons (Fsp3) is 0.263. The van der Waals surface area contributed by atoms with Crippen molar-refractivity contribution >= 4 is 17.7 Å². The summed E-state index contributed by atoms with van der Waals surface area (Å²) in [6, 6.07) is 20.6. The highest BCUT2D eigenvalue weighted by atomic mass is 35.5. The van der Waals surface area contributed by atoms with E-state index < -0.39 is 0 Å². The highest BCUT2D eigenvalue weighted by Gasteiger charge is 2.27. The lowest BCUT2D eigenvalue weighted by Gasteiger charge is -2.31. The lowest BCUT2D eigenvalue weighted by atomic mass is 9.97. The SMILES string of the molecule is Cl[C@H]1C[C@@H](/C=C/c2ccccc2)O[C@@H](c2ccccc2)C1. The van der Waals surface area contributed by atoms with Crippen LogP contribution in [0.3, 0.4) is 0 Å². The minimum absolute atomic E-state index is 0.0756. The van der Waals surface area contributed by atoms with Crippen molar-refractivity contribution in [1.82, 2.24) is 0 Å². The first-order valence-electron chi connectivity index (χ1n) is 7.39. The first-order valence-corrected chi connectivity index (χ1v) is 7.82. The van der Waals surface area contributed by atoms with Crippen molar-refractivity contribution in [2.45, 2.75) is 30.4 Å². The standard InChI is InChI=1S/C19H19ClO/c20-17-13-18(12-11-15-7-3-1-4-8-15)21-19(14-17)16-9-5-2-6-10-16/h1-12,17-19H,13-14H2/b12-11+/t17-,18+,19+/m0/s1. The second-order valence-electron chi connectivity index (χ2n) is 5.41. The van der Waals surface area contributed by atoms with E-state index in [0.717, 1.165) is 12.8 Å². The maximum absolute atomic E-state index is 6.42. The molecule has 0 aliphatic carbocycles. The van der Waals surface area contributed by atoms with E-state index in [2.05, 4.69) is 36.4 Å². The molecule has 3 atom stereocenters. The molecule has 1 aliphatic heterocycles. The maximum atomic E-state index is 6.42. The van der Waals surface area contributed by atoms with Gasteiger partial charge < -0.3 is 4.74 Å². The van der Waals surface area contributed by atoms with Crippen molar-refractivity contribution in [2.75, 3.05) is 0 Å². The van der Waals surface area contributed by atoms with Gasteiger partial charge >= 0.3 is 0 Å². The van der Waals surface area contributed by atoms with Crippen molar-refractivity contribution in [3.63, 3.8) is 0 Å². The van der Waals surface area contributed by atoms with Crippen LogP contribution in [0.25, 0.3) is 6.08 Å². The van der Waals surface area contributed by atoms with E-state index in [4.69, 9.17) is 16.3 Å². The van der Waals surface area contributed by atoms with Crippen LogP contribution in [-0.2, 0) is 4.74 Å². The average Bonchev–Trinajstić information content (AvgIpc) is 2.54. The van der Waals surface area contributed by atoms with Crippen LogP contribution in [0.5, 0.6) is 0 Å². The van der Waals surface area contributed by atoms with Gasteiger partial charge in [0.15, 0.2) is 0 Å². The zero-order valence-corrected chi connectivity index (χ0v) is 12.6.